The van der Waals surface area contributed by atoms with Crippen molar-refractivity contribution in [1.82, 2.24) is 4.98 Å². The number of halogens is 3. The van der Waals surface area contributed by atoms with E-state index in [1.165, 1.54) is 11.8 Å². The van der Waals surface area contributed by atoms with Gasteiger partial charge in [0.15, 0.2) is 0 Å². The van der Waals surface area contributed by atoms with Gasteiger partial charge in [-0.3, -0.25) is 0 Å². The minimum atomic E-state index is -5.84. The van der Waals surface area contributed by atoms with Gasteiger partial charge in [0.1, 0.15) is 11.1 Å². The summed E-state index contributed by atoms with van der Waals surface area (Å²) in [5, 5.41) is 9.95. The fraction of sp³-hybridized carbons (Fsp3) is 0.571. The maximum absolute atomic E-state index is 12.5. The summed E-state index contributed by atoms with van der Waals surface area (Å²) in [6.07, 6.45) is 0. The lowest BCUT2D eigenvalue weighted by molar-refractivity contribution is -0.0501. The van der Waals surface area contributed by atoms with Crippen LogP contribution in [0.2, 0.25) is 0 Å². The molecule has 0 atom stereocenters. The lowest BCUT2D eigenvalue weighted by Crippen LogP contribution is -2.28. The summed E-state index contributed by atoms with van der Waals surface area (Å²) in [6.45, 7) is 3.97. The zero-order valence-electron chi connectivity index (χ0n) is 14.2. The quantitative estimate of drug-likeness (QED) is 0.192. The van der Waals surface area contributed by atoms with E-state index >= 15 is 0 Å². The van der Waals surface area contributed by atoms with Gasteiger partial charge in [0, 0.05) is 24.0 Å². The van der Waals surface area contributed by atoms with Gasteiger partial charge in [-0.2, -0.15) is 26.9 Å². The number of pyridine rings is 1. The fourth-order valence-electron chi connectivity index (χ4n) is 1.69. The molecule has 0 amide bonds. The third-order valence-electron chi connectivity index (χ3n) is 2.92. The normalized spacial score (nSPS) is 12.2. The van der Waals surface area contributed by atoms with Gasteiger partial charge in [-0.05, 0) is 11.5 Å². The largest absolute Gasteiger partial charge is 0.534 e. The van der Waals surface area contributed by atoms with E-state index < -0.39 is 21.5 Å². The molecule has 26 heavy (non-hydrogen) atoms. The second-order valence-electron chi connectivity index (χ2n) is 5.14. The van der Waals surface area contributed by atoms with E-state index in [2.05, 4.69) is 9.17 Å². The summed E-state index contributed by atoms with van der Waals surface area (Å²) in [6, 6.07) is 3.02. The van der Waals surface area contributed by atoms with E-state index in [-0.39, 0.29) is 16.5 Å². The number of hydrogen-bond donors (Lipinski definition) is 0. The second-order valence-corrected chi connectivity index (χ2v) is 9.12. The molecule has 12 heteroatoms. The Labute approximate surface area is 158 Å². The summed E-state index contributed by atoms with van der Waals surface area (Å²) in [5.74, 6) is -0.278. The Morgan fingerprint density at radius 3 is 2.54 bits per heavy atom. The Morgan fingerprint density at radius 1 is 1.38 bits per heavy atom. The van der Waals surface area contributed by atoms with Gasteiger partial charge in [-0.1, -0.05) is 25.6 Å². The van der Waals surface area contributed by atoms with Gasteiger partial charge < -0.3 is 8.92 Å². The number of ether oxygens (including phenoxy) is 1. The highest BCUT2D eigenvalue weighted by Gasteiger charge is 2.49. The van der Waals surface area contributed by atoms with Crippen LogP contribution in [-0.4, -0.2) is 43.5 Å². The third-order valence-corrected chi connectivity index (χ3v) is 6.04. The fourth-order valence-corrected chi connectivity index (χ4v) is 4.09. The number of nitrogens with zero attached hydrogens (tertiary/aromatic N) is 2. The van der Waals surface area contributed by atoms with E-state index in [4.69, 9.17) is 4.74 Å². The molecule has 1 aromatic heterocycles. The molecule has 0 fully saturated rings. The van der Waals surface area contributed by atoms with Crippen molar-refractivity contribution in [3.63, 3.8) is 0 Å². The molecule has 0 aliphatic rings. The molecule has 1 aromatic rings. The number of nitriles is 1. The molecule has 0 spiro atoms. The van der Waals surface area contributed by atoms with Crippen LogP contribution in [0.15, 0.2) is 11.1 Å². The molecule has 0 N–H and O–H groups in total. The number of thioether (sulfide) groups is 2. The minimum Gasteiger partial charge on any atom is -0.384 e. The molecule has 0 saturated carbocycles. The second kappa shape index (κ2) is 9.68. The van der Waals surface area contributed by atoms with Crippen LogP contribution in [0.25, 0.3) is 0 Å². The van der Waals surface area contributed by atoms with Gasteiger partial charge >= 0.3 is 15.6 Å². The predicted octanol–water partition coefficient (Wildman–Crippen LogP) is 3.73. The van der Waals surface area contributed by atoms with Gasteiger partial charge in [0.05, 0.1) is 12.2 Å². The molecular weight excluding hydrogens is 413 g/mol. The SMILES string of the molecule is COCCSCSc1nc(OS(=O)(=O)C(F)(F)F)cc(C(C)C)c1C#N. The first kappa shape index (κ1) is 22.9. The van der Waals surface area contributed by atoms with Crippen LogP contribution in [0.4, 0.5) is 13.2 Å². The summed E-state index contributed by atoms with van der Waals surface area (Å²) in [5.41, 5.74) is -5.02. The van der Waals surface area contributed by atoms with Gasteiger partial charge in [-0.25, -0.2) is 4.98 Å². The van der Waals surface area contributed by atoms with Crippen molar-refractivity contribution in [3.05, 3.63) is 17.2 Å². The number of methoxy groups -OCH3 is 1. The number of alkyl halides is 3. The van der Waals surface area contributed by atoms with Gasteiger partial charge in [-0.15, -0.1) is 11.8 Å². The first-order valence-corrected chi connectivity index (χ1v) is 10.7. The standard InChI is InChI=1S/C14H17F3N2O4S3/c1-9(2)10-6-12(23-26(20,21)14(15,16)17)19-13(11(10)7-18)25-8-24-5-4-22-3/h6,9H,4-5,8H2,1-3H3. The van der Waals surface area contributed by atoms with Crippen molar-refractivity contribution in [1.29, 1.82) is 5.26 Å². The molecule has 1 heterocycles. The van der Waals surface area contributed by atoms with E-state index in [0.29, 0.717) is 23.0 Å². The summed E-state index contributed by atoms with van der Waals surface area (Å²) >= 11 is 2.60. The van der Waals surface area contributed by atoms with Crippen LogP contribution in [-0.2, 0) is 14.9 Å². The van der Waals surface area contributed by atoms with Gasteiger partial charge in [0.2, 0.25) is 5.88 Å². The lowest BCUT2D eigenvalue weighted by atomic mass is 10.00. The number of rotatable bonds is 9. The van der Waals surface area contributed by atoms with Crippen LogP contribution in [0, 0.1) is 11.3 Å². The van der Waals surface area contributed by atoms with Gasteiger partial charge in [0.25, 0.3) is 0 Å². The predicted molar refractivity (Wildman–Crippen MR) is 93.7 cm³/mol. The van der Waals surface area contributed by atoms with Crippen molar-refractivity contribution >= 4 is 33.6 Å². The minimum absolute atomic E-state index is 0.121. The molecule has 0 aromatic carbocycles. The molecule has 0 unspecified atom stereocenters. The summed E-state index contributed by atoms with van der Waals surface area (Å²) in [7, 11) is -4.28. The van der Waals surface area contributed by atoms with E-state index in [1.807, 2.05) is 6.07 Å². The zero-order chi connectivity index (χ0) is 20.0. The molecule has 0 bridgehead atoms. The van der Waals surface area contributed by atoms with Crippen LogP contribution < -0.4 is 4.18 Å². The molecule has 0 aliphatic carbocycles. The Kier molecular flexibility index (Phi) is 8.52. The molecule has 146 valence electrons. The Balaban J connectivity index is 3.19. The van der Waals surface area contributed by atoms with Crippen molar-refractivity contribution in [2.24, 2.45) is 0 Å². The highest BCUT2D eigenvalue weighted by molar-refractivity contribution is 8.16. The Morgan fingerprint density at radius 2 is 2.04 bits per heavy atom. The molecular formula is C14H17F3N2O4S3. The number of aromatic nitrogens is 1. The van der Waals surface area contributed by atoms with Crippen molar-refractivity contribution in [3.8, 4) is 11.9 Å². The van der Waals surface area contributed by atoms with E-state index in [1.54, 1.807) is 21.0 Å². The topological polar surface area (TPSA) is 89.3 Å². The maximum atomic E-state index is 12.5. The molecule has 6 nitrogen and oxygen atoms in total. The highest BCUT2D eigenvalue weighted by Crippen LogP contribution is 2.34. The van der Waals surface area contributed by atoms with Crippen LogP contribution in [0.1, 0.15) is 30.9 Å². The molecule has 0 radical (unpaired) electrons. The number of hydrogen-bond acceptors (Lipinski definition) is 8. The zero-order valence-corrected chi connectivity index (χ0v) is 16.6. The maximum Gasteiger partial charge on any atom is 0.534 e. The van der Waals surface area contributed by atoms with E-state index in [0.717, 1.165) is 17.8 Å². The smallest absolute Gasteiger partial charge is 0.384 e. The van der Waals surface area contributed by atoms with Crippen LogP contribution >= 0.6 is 23.5 Å². The summed E-state index contributed by atoms with van der Waals surface area (Å²) < 4.78 is 69.1. The summed E-state index contributed by atoms with van der Waals surface area (Å²) in [4.78, 5) is 3.80. The van der Waals surface area contributed by atoms with Crippen molar-refractivity contribution < 1.29 is 30.5 Å². The van der Waals surface area contributed by atoms with Crippen LogP contribution in [0.3, 0.4) is 0 Å². The Hall–Kier alpha value is -1.16. The van der Waals surface area contributed by atoms with Crippen molar-refractivity contribution in [2.75, 3.05) is 24.6 Å². The first-order valence-electron chi connectivity index (χ1n) is 7.18. The average Bonchev–Trinajstić information content (AvgIpc) is 2.52. The average molecular weight is 430 g/mol. The lowest BCUT2D eigenvalue weighted by Gasteiger charge is -2.15. The first-order chi connectivity index (χ1) is 12.0. The Bertz CT molecular complexity index is 762. The highest BCUT2D eigenvalue weighted by atomic mass is 32.2. The third kappa shape index (κ3) is 6.22. The monoisotopic (exact) mass is 430 g/mol. The van der Waals surface area contributed by atoms with Crippen molar-refractivity contribution in [2.45, 2.75) is 30.3 Å². The van der Waals surface area contributed by atoms with Crippen LogP contribution in [0.5, 0.6) is 5.88 Å². The molecule has 0 aliphatic heterocycles. The molecule has 1 rings (SSSR count). The van der Waals surface area contributed by atoms with E-state index in [9.17, 15) is 26.9 Å². The molecule has 0 saturated heterocycles.